The first-order chi connectivity index (χ1) is 14.0. The SMILES string of the molecule is COc1ccc2c(c1OC)OC1(CCN(C(=S)Nc3ccccc3)CC1)CC2=O. The van der Waals surface area contributed by atoms with Gasteiger partial charge in [-0.3, -0.25) is 4.79 Å². The average Bonchev–Trinajstić information content (AvgIpc) is 2.74. The number of benzene rings is 2. The zero-order chi connectivity index (χ0) is 20.4. The first-order valence-corrected chi connectivity index (χ1v) is 10.0. The second-order valence-electron chi connectivity index (χ2n) is 7.35. The Labute approximate surface area is 175 Å². The molecule has 4 rings (SSSR count). The summed E-state index contributed by atoms with van der Waals surface area (Å²) >= 11 is 5.57. The third-order valence-corrected chi connectivity index (χ3v) is 5.95. The van der Waals surface area contributed by atoms with E-state index in [-0.39, 0.29) is 5.78 Å². The van der Waals surface area contributed by atoms with Crippen LogP contribution >= 0.6 is 12.2 Å². The highest BCUT2D eigenvalue weighted by atomic mass is 32.1. The molecule has 1 N–H and O–H groups in total. The van der Waals surface area contributed by atoms with E-state index in [1.807, 2.05) is 30.3 Å². The van der Waals surface area contributed by atoms with Crippen molar-refractivity contribution in [1.82, 2.24) is 4.90 Å². The van der Waals surface area contributed by atoms with Crippen LogP contribution in [0.2, 0.25) is 0 Å². The van der Waals surface area contributed by atoms with Crippen molar-refractivity contribution < 1.29 is 19.0 Å². The van der Waals surface area contributed by atoms with Gasteiger partial charge in [0.05, 0.1) is 26.2 Å². The van der Waals surface area contributed by atoms with E-state index in [0.717, 1.165) is 5.69 Å². The number of rotatable bonds is 3. The first-order valence-electron chi connectivity index (χ1n) is 9.63. The number of hydrogen-bond acceptors (Lipinski definition) is 5. The van der Waals surface area contributed by atoms with Gasteiger partial charge in [0.15, 0.2) is 22.4 Å². The fourth-order valence-corrected chi connectivity index (χ4v) is 4.28. The zero-order valence-corrected chi connectivity index (χ0v) is 17.4. The summed E-state index contributed by atoms with van der Waals surface area (Å²) in [6, 6.07) is 13.4. The molecule has 2 aromatic rings. The van der Waals surface area contributed by atoms with Crippen molar-refractivity contribution in [2.75, 3.05) is 32.6 Å². The van der Waals surface area contributed by atoms with Crippen molar-refractivity contribution in [3.8, 4) is 17.2 Å². The number of hydrogen-bond donors (Lipinski definition) is 1. The fraction of sp³-hybridized carbons (Fsp3) is 0.364. The zero-order valence-electron chi connectivity index (χ0n) is 16.6. The van der Waals surface area contributed by atoms with Crippen LogP contribution in [0, 0.1) is 0 Å². The molecule has 2 aliphatic heterocycles. The summed E-state index contributed by atoms with van der Waals surface area (Å²) in [5, 5.41) is 3.96. The van der Waals surface area contributed by atoms with Gasteiger partial charge in [-0.15, -0.1) is 0 Å². The van der Waals surface area contributed by atoms with E-state index in [2.05, 4.69) is 10.2 Å². The van der Waals surface area contributed by atoms with Gasteiger partial charge < -0.3 is 24.4 Å². The number of nitrogens with zero attached hydrogens (tertiary/aromatic N) is 1. The van der Waals surface area contributed by atoms with Crippen molar-refractivity contribution >= 4 is 28.8 Å². The normalized spacial score (nSPS) is 17.3. The average molecular weight is 413 g/mol. The molecule has 0 radical (unpaired) electrons. The number of likely N-dealkylation sites (tertiary alicyclic amines) is 1. The van der Waals surface area contributed by atoms with E-state index in [1.54, 1.807) is 26.4 Å². The molecule has 2 heterocycles. The molecule has 29 heavy (non-hydrogen) atoms. The highest BCUT2D eigenvalue weighted by Crippen LogP contribution is 2.47. The molecule has 0 aromatic heterocycles. The molecule has 0 atom stereocenters. The van der Waals surface area contributed by atoms with E-state index in [9.17, 15) is 4.79 Å². The molecular formula is C22H24N2O4S. The van der Waals surface area contributed by atoms with E-state index in [4.69, 9.17) is 26.4 Å². The second kappa shape index (κ2) is 7.91. The second-order valence-corrected chi connectivity index (χ2v) is 7.73. The number of nitrogens with one attached hydrogen (secondary N) is 1. The number of para-hydroxylation sites is 1. The van der Waals surface area contributed by atoms with Gasteiger partial charge in [-0.2, -0.15) is 0 Å². The Balaban J connectivity index is 1.49. The summed E-state index contributed by atoms with van der Waals surface area (Å²) in [6.07, 6.45) is 1.77. The minimum Gasteiger partial charge on any atom is -0.493 e. The Morgan fingerprint density at radius 3 is 2.48 bits per heavy atom. The van der Waals surface area contributed by atoms with Crippen LogP contribution in [-0.4, -0.2) is 48.7 Å². The lowest BCUT2D eigenvalue weighted by molar-refractivity contribution is 0.00196. The molecule has 152 valence electrons. The van der Waals surface area contributed by atoms with E-state index < -0.39 is 5.60 Å². The van der Waals surface area contributed by atoms with Crippen molar-refractivity contribution in [2.45, 2.75) is 24.9 Å². The number of anilines is 1. The Kier molecular flexibility index (Phi) is 5.32. The third-order valence-electron chi connectivity index (χ3n) is 5.59. The number of piperidine rings is 1. The fourth-order valence-electron chi connectivity index (χ4n) is 3.98. The number of Topliss-reactive ketones (excluding diaryl/α,β-unsaturated/α-hetero) is 1. The van der Waals surface area contributed by atoms with Crippen molar-refractivity contribution in [3.05, 3.63) is 48.0 Å². The molecule has 1 saturated heterocycles. The van der Waals surface area contributed by atoms with Crippen LogP contribution in [0.25, 0.3) is 0 Å². The minimum atomic E-state index is -0.539. The number of methoxy groups -OCH3 is 2. The molecule has 1 fully saturated rings. The van der Waals surface area contributed by atoms with Crippen LogP contribution < -0.4 is 19.5 Å². The Morgan fingerprint density at radius 1 is 1.10 bits per heavy atom. The Bertz CT molecular complexity index is 924. The molecule has 0 amide bonds. The number of thiocarbonyl (C=S) groups is 1. The monoisotopic (exact) mass is 412 g/mol. The van der Waals surface area contributed by atoms with Crippen molar-refractivity contribution in [2.24, 2.45) is 0 Å². The molecule has 0 aliphatic carbocycles. The maximum atomic E-state index is 12.9. The lowest BCUT2D eigenvalue weighted by atomic mass is 9.82. The van der Waals surface area contributed by atoms with Crippen molar-refractivity contribution in [3.63, 3.8) is 0 Å². The maximum absolute atomic E-state index is 12.9. The number of ether oxygens (including phenoxy) is 3. The van der Waals surface area contributed by atoms with Gasteiger partial charge >= 0.3 is 0 Å². The molecule has 1 spiro atoms. The van der Waals surface area contributed by atoms with Crippen LogP contribution in [0.5, 0.6) is 17.2 Å². The lowest BCUT2D eigenvalue weighted by Crippen LogP contribution is -2.53. The van der Waals surface area contributed by atoms with Gasteiger partial charge in [-0.05, 0) is 36.5 Å². The highest BCUT2D eigenvalue weighted by Gasteiger charge is 2.44. The predicted molar refractivity (Wildman–Crippen MR) is 115 cm³/mol. The summed E-state index contributed by atoms with van der Waals surface area (Å²) in [5.74, 6) is 1.59. The minimum absolute atomic E-state index is 0.0747. The summed E-state index contributed by atoms with van der Waals surface area (Å²) in [6.45, 7) is 1.43. The molecule has 0 unspecified atom stereocenters. The van der Waals surface area contributed by atoms with Crippen LogP contribution in [0.15, 0.2) is 42.5 Å². The van der Waals surface area contributed by atoms with Gasteiger partial charge in [-0.25, -0.2) is 0 Å². The standard InChI is InChI=1S/C22H24N2O4S/c1-26-18-9-8-16-17(25)14-22(28-19(16)20(18)27-2)10-12-24(13-11-22)21(29)23-15-6-4-3-5-7-15/h3-9H,10-14H2,1-2H3,(H,23,29). The van der Waals surface area contributed by atoms with Gasteiger partial charge in [0, 0.05) is 31.6 Å². The predicted octanol–water partition coefficient (Wildman–Crippen LogP) is 3.90. The summed E-state index contributed by atoms with van der Waals surface area (Å²) in [4.78, 5) is 15.0. The smallest absolute Gasteiger partial charge is 0.204 e. The van der Waals surface area contributed by atoms with E-state index in [1.165, 1.54) is 0 Å². The third kappa shape index (κ3) is 3.74. The van der Waals surface area contributed by atoms with Crippen LogP contribution in [0.1, 0.15) is 29.6 Å². The largest absolute Gasteiger partial charge is 0.493 e. The summed E-state index contributed by atoms with van der Waals surface area (Å²) in [7, 11) is 3.13. The number of carbonyl (C=O) groups is 1. The molecule has 0 saturated carbocycles. The Hall–Kier alpha value is -2.80. The van der Waals surface area contributed by atoms with Crippen LogP contribution in [-0.2, 0) is 0 Å². The van der Waals surface area contributed by atoms with Crippen LogP contribution in [0.3, 0.4) is 0 Å². The molecule has 6 nitrogen and oxygen atoms in total. The van der Waals surface area contributed by atoms with E-state index >= 15 is 0 Å². The van der Waals surface area contributed by atoms with Crippen LogP contribution in [0.4, 0.5) is 5.69 Å². The topological polar surface area (TPSA) is 60.0 Å². The van der Waals surface area contributed by atoms with Gasteiger partial charge in [0.1, 0.15) is 5.60 Å². The lowest BCUT2D eigenvalue weighted by Gasteiger charge is -2.44. The summed E-state index contributed by atoms with van der Waals surface area (Å²) < 4.78 is 17.3. The molecule has 0 bridgehead atoms. The van der Waals surface area contributed by atoms with Gasteiger partial charge in [0.2, 0.25) is 5.75 Å². The highest BCUT2D eigenvalue weighted by molar-refractivity contribution is 7.80. The molecule has 2 aromatic carbocycles. The van der Waals surface area contributed by atoms with Gasteiger partial charge in [-0.1, -0.05) is 18.2 Å². The molecule has 7 heteroatoms. The quantitative estimate of drug-likeness (QED) is 0.767. The summed E-state index contributed by atoms with van der Waals surface area (Å²) in [5.41, 5.74) is 0.979. The van der Waals surface area contributed by atoms with Crippen molar-refractivity contribution in [1.29, 1.82) is 0 Å². The van der Waals surface area contributed by atoms with E-state index in [0.29, 0.717) is 60.3 Å². The molecule has 2 aliphatic rings. The Morgan fingerprint density at radius 2 is 1.83 bits per heavy atom. The maximum Gasteiger partial charge on any atom is 0.204 e. The molecular weight excluding hydrogens is 388 g/mol. The number of carbonyl (C=O) groups excluding carboxylic acids is 1. The van der Waals surface area contributed by atoms with Gasteiger partial charge in [0.25, 0.3) is 0 Å². The first kappa shape index (κ1) is 19.5. The number of ketones is 1. The number of fused-ring (bicyclic) bond motifs is 1.